The topological polar surface area (TPSA) is 141 Å². The molecule has 33 heavy (non-hydrogen) atoms. The van der Waals surface area contributed by atoms with Crippen molar-refractivity contribution in [2.24, 2.45) is 0 Å². The van der Waals surface area contributed by atoms with E-state index in [0.717, 1.165) is 12.3 Å². The first-order valence-corrected chi connectivity index (χ1v) is 11.5. The van der Waals surface area contributed by atoms with E-state index in [2.05, 4.69) is 10.6 Å². The van der Waals surface area contributed by atoms with Crippen molar-refractivity contribution in [3.63, 3.8) is 0 Å². The second kappa shape index (κ2) is 10.1. The largest absolute Gasteiger partial charge is 0.486 e. The number of furan rings is 1. The predicted molar refractivity (Wildman–Crippen MR) is 116 cm³/mol. The van der Waals surface area contributed by atoms with Crippen LogP contribution in [0.25, 0.3) is 0 Å². The third-order valence-electron chi connectivity index (χ3n) is 4.40. The number of nitrogens with one attached hydrogen (secondary N) is 2. The highest BCUT2D eigenvalue weighted by Crippen LogP contribution is 2.27. The normalized spacial score (nSPS) is 11.1. The average Bonchev–Trinajstić information content (AvgIpc) is 3.24. The van der Waals surface area contributed by atoms with Gasteiger partial charge in [-0.2, -0.15) is 0 Å². The molecule has 174 valence electrons. The fourth-order valence-corrected chi connectivity index (χ4v) is 3.41. The Labute approximate surface area is 188 Å². The highest BCUT2D eigenvalue weighted by molar-refractivity contribution is 7.90. The van der Waals surface area contributed by atoms with Crippen molar-refractivity contribution in [1.29, 1.82) is 0 Å². The van der Waals surface area contributed by atoms with E-state index >= 15 is 0 Å². The van der Waals surface area contributed by atoms with Gasteiger partial charge >= 0.3 is 0 Å². The van der Waals surface area contributed by atoms with Crippen LogP contribution in [0.4, 0.5) is 15.8 Å². The van der Waals surface area contributed by atoms with E-state index in [1.165, 1.54) is 42.5 Å². The van der Waals surface area contributed by atoms with E-state index in [9.17, 15) is 27.7 Å². The number of halogens is 1. The van der Waals surface area contributed by atoms with Crippen molar-refractivity contribution in [3.8, 4) is 5.75 Å². The van der Waals surface area contributed by atoms with Crippen LogP contribution in [0.3, 0.4) is 0 Å². The fraction of sp³-hybridized carbons (Fsp3) is 0.190. The smallest absolute Gasteiger partial charge is 0.293 e. The van der Waals surface area contributed by atoms with Gasteiger partial charge in [-0.15, -0.1) is 0 Å². The monoisotopic (exact) mass is 477 g/mol. The van der Waals surface area contributed by atoms with Gasteiger partial charge in [0.2, 0.25) is 0 Å². The second-order valence-electron chi connectivity index (χ2n) is 6.90. The molecule has 0 radical (unpaired) electrons. The van der Waals surface area contributed by atoms with Crippen LogP contribution in [-0.2, 0) is 16.4 Å². The number of anilines is 1. The quantitative estimate of drug-likeness (QED) is 0.258. The summed E-state index contributed by atoms with van der Waals surface area (Å²) < 4.78 is 47.0. The van der Waals surface area contributed by atoms with Crippen molar-refractivity contribution < 1.29 is 31.7 Å². The van der Waals surface area contributed by atoms with Crippen molar-refractivity contribution in [2.75, 3.05) is 24.7 Å². The maximum Gasteiger partial charge on any atom is 0.293 e. The molecule has 12 heteroatoms. The SMILES string of the molecule is CS(=O)(=O)c1ccc(NCCNC(=O)c2ccc(COc3ccc(F)cc3)o2)c([N+](=O)[O-])c1. The van der Waals surface area contributed by atoms with E-state index in [0.29, 0.717) is 11.5 Å². The first-order chi connectivity index (χ1) is 15.6. The number of carbonyl (C=O) groups is 1. The summed E-state index contributed by atoms with van der Waals surface area (Å²) in [7, 11) is -3.59. The molecule has 10 nitrogen and oxygen atoms in total. The van der Waals surface area contributed by atoms with Crippen LogP contribution in [-0.4, -0.2) is 38.6 Å². The van der Waals surface area contributed by atoms with Crippen LogP contribution in [0, 0.1) is 15.9 Å². The molecule has 1 heterocycles. The van der Waals surface area contributed by atoms with Crippen LogP contribution in [0.15, 0.2) is 63.9 Å². The molecule has 3 aromatic rings. The Balaban J connectivity index is 1.50. The Morgan fingerprint density at radius 1 is 1.12 bits per heavy atom. The van der Waals surface area contributed by atoms with Crippen LogP contribution < -0.4 is 15.4 Å². The van der Waals surface area contributed by atoms with Crippen molar-refractivity contribution >= 4 is 27.1 Å². The maximum atomic E-state index is 12.9. The number of rotatable bonds is 10. The lowest BCUT2D eigenvalue weighted by Crippen LogP contribution is -2.28. The molecule has 2 aromatic carbocycles. The molecule has 0 unspecified atom stereocenters. The first kappa shape index (κ1) is 23.7. The van der Waals surface area contributed by atoms with Crippen molar-refractivity contribution in [3.05, 3.63) is 82.0 Å². The number of carbonyl (C=O) groups excluding carboxylic acids is 1. The number of hydrogen-bond donors (Lipinski definition) is 2. The lowest BCUT2D eigenvalue weighted by molar-refractivity contribution is -0.384. The van der Waals surface area contributed by atoms with Gasteiger partial charge in [0.1, 0.15) is 29.6 Å². The molecule has 0 saturated carbocycles. The minimum absolute atomic E-state index is 0.0492. The average molecular weight is 477 g/mol. The van der Waals surface area contributed by atoms with E-state index in [4.69, 9.17) is 9.15 Å². The highest BCUT2D eigenvalue weighted by Gasteiger charge is 2.18. The van der Waals surface area contributed by atoms with Gasteiger partial charge < -0.3 is 19.8 Å². The number of nitro benzene ring substituents is 1. The predicted octanol–water partition coefficient (Wildman–Crippen LogP) is 3.15. The zero-order valence-corrected chi connectivity index (χ0v) is 18.2. The minimum Gasteiger partial charge on any atom is -0.486 e. The molecule has 3 rings (SSSR count). The summed E-state index contributed by atoms with van der Waals surface area (Å²) in [6, 6.07) is 12.1. The molecule has 0 aliphatic carbocycles. The summed E-state index contributed by atoms with van der Waals surface area (Å²) in [5, 5.41) is 16.7. The molecule has 1 amide bonds. The van der Waals surface area contributed by atoms with Gasteiger partial charge in [-0.3, -0.25) is 14.9 Å². The van der Waals surface area contributed by atoms with Gasteiger partial charge in [-0.05, 0) is 48.5 Å². The Morgan fingerprint density at radius 3 is 2.52 bits per heavy atom. The summed E-state index contributed by atoms with van der Waals surface area (Å²) in [4.78, 5) is 22.6. The summed E-state index contributed by atoms with van der Waals surface area (Å²) in [5.74, 6) is 0.0185. The van der Waals surface area contributed by atoms with Gasteiger partial charge in [0.15, 0.2) is 15.6 Å². The molecule has 0 fully saturated rings. The molecule has 0 atom stereocenters. The first-order valence-electron chi connectivity index (χ1n) is 9.61. The summed E-state index contributed by atoms with van der Waals surface area (Å²) in [6.45, 7) is 0.311. The number of sulfone groups is 1. The maximum absolute atomic E-state index is 12.9. The molecule has 0 aliphatic rings. The van der Waals surface area contributed by atoms with Gasteiger partial charge in [-0.1, -0.05) is 0 Å². The van der Waals surface area contributed by atoms with E-state index in [1.54, 1.807) is 6.07 Å². The zero-order chi connectivity index (χ0) is 24.0. The van der Waals surface area contributed by atoms with Gasteiger partial charge in [0.25, 0.3) is 11.6 Å². The number of benzene rings is 2. The number of hydrogen-bond acceptors (Lipinski definition) is 8. The van der Waals surface area contributed by atoms with Crippen molar-refractivity contribution in [1.82, 2.24) is 5.32 Å². The standard InChI is InChI=1S/C21H20FN3O7S/c1-33(29,30)17-7-8-18(19(12-17)25(27)28)23-10-11-24-21(26)20-9-6-16(32-20)13-31-15-4-2-14(22)3-5-15/h2-9,12,23H,10-11,13H2,1H3,(H,24,26). The molecule has 0 spiro atoms. The minimum atomic E-state index is -3.59. The number of nitro groups is 1. The third kappa shape index (κ3) is 6.53. The Bertz CT molecular complexity index is 1260. The van der Waals surface area contributed by atoms with Gasteiger partial charge in [0.05, 0.1) is 9.82 Å². The van der Waals surface area contributed by atoms with Crippen LogP contribution in [0.1, 0.15) is 16.3 Å². The summed E-state index contributed by atoms with van der Waals surface area (Å²) in [5.41, 5.74) is -0.263. The van der Waals surface area contributed by atoms with E-state index < -0.39 is 20.7 Å². The van der Waals surface area contributed by atoms with Crippen LogP contribution in [0.2, 0.25) is 0 Å². The number of amides is 1. The number of nitrogens with zero attached hydrogens (tertiary/aromatic N) is 1. The van der Waals surface area contributed by atoms with Gasteiger partial charge in [-0.25, -0.2) is 12.8 Å². The second-order valence-corrected chi connectivity index (χ2v) is 8.92. The molecule has 0 aliphatic heterocycles. The number of ether oxygens (including phenoxy) is 1. The Morgan fingerprint density at radius 2 is 1.85 bits per heavy atom. The van der Waals surface area contributed by atoms with Crippen molar-refractivity contribution in [2.45, 2.75) is 11.5 Å². The van der Waals surface area contributed by atoms with Gasteiger partial charge in [0, 0.05) is 25.4 Å². The molecular formula is C21H20FN3O7S. The Kier molecular flexibility index (Phi) is 7.28. The molecule has 1 aromatic heterocycles. The summed E-state index contributed by atoms with van der Waals surface area (Å²) in [6.07, 6.45) is 0.962. The molecular weight excluding hydrogens is 457 g/mol. The molecule has 0 bridgehead atoms. The van der Waals surface area contributed by atoms with E-state index in [1.807, 2.05) is 0 Å². The van der Waals surface area contributed by atoms with Crippen LogP contribution >= 0.6 is 0 Å². The Hall–Kier alpha value is -3.93. The van der Waals surface area contributed by atoms with Crippen LogP contribution in [0.5, 0.6) is 5.75 Å². The summed E-state index contributed by atoms with van der Waals surface area (Å²) >= 11 is 0. The fourth-order valence-electron chi connectivity index (χ4n) is 2.77. The lowest BCUT2D eigenvalue weighted by Gasteiger charge is -2.09. The molecule has 2 N–H and O–H groups in total. The van der Waals surface area contributed by atoms with E-state index in [-0.39, 0.29) is 47.5 Å². The third-order valence-corrected chi connectivity index (χ3v) is 5.51. The lowest BCUT2D eigenvalue weighted by atomic mass is 10.2. The zero-order valence-electron chi connectivity index (χ0n) is 17.4. The molecule has 0 saturated heterocycles. The highest BCUT2D eigenvalue weighted by atomic mass is 32.2.